The van der Waals surface area contributed by atoms with Crippen LogP contribution in [-0.4, -0.2) is 30.1 Å². The number of nitrogens with one attached hydrogen (secondary N) is 1. The second-order valence-electron chi connectivity index (χ2n) is 3.92. The van der Waals surface area contributed by atoms with Gasteiger partial charge in [-0.25, -0.2) is 9.59 Å². The molecular weight excluding hydrogens is 222 g/mol. The van der Waals surface area contributed by atoms with Gasteiger partial charge in [-0.1, -0.05) is 6.58 Å². The molecule has 0 aliphatic heterocycles. The van der Waals surface area contributed by atoms with E-state index in [1.54, 1.807) is 7.05 Å². The van der Waals surface area contributed by atoms with Gasteiger partial charge in [0.1, 0.15) is 5.76 Å². The summed E-state index contributed by atoms with van der Waals surface area (Å²) in [6, 6.07) is 0.0113. The summed E-state index contributed by atoms with van der Waals surface area (Å²) >= 11 is 0. The molecule has 1 atom stereocenters. The molecule has 96 valence electrons. The minimum Gasteiger partial charge on any atom is -0.478 e. The van der Waals surface area contributed by atoms with Crippen molar-refractivity contribution in [2.24, 2.45) is 0 Å². The molecule has 0 saturated carbocycles. The molecule has 2 N–H and O–H groups in total. The van der Waals surface area contributed by atoms with Crippen molar-refractivity contribution in [1.82, 2.24) is 5.32 Å². The molecule has 0 amide bonds. The van der Waals surface area contributed by atoms with Crippen molar-refractivity contribution in [2.45, 2.75) is 33.2 Å². The van der Waals surface area contributed by atoms with Gasteiger partial charge in [-0.3, -0.25) is 0 Å². The maximum atomic E-state index is 11.4. The van der Waals surface area contributed by atoms with Crippen LogP contribution in [0, 0.1) is 0 Å². The molecule has 0 aromatic rings. The molecule has 0 radical (unpaired) electrons. The van der Waals surface area contributed by atoms with E-state index >= 15 is 0 Å². The zero-order valence-corrected chi connectivity index (χ0v) is 10.7. The summed E-state index contributed by atoms with van der Waals surface area (Å²) in [6.07, 6.45) is 0.327. The van der Waals surface area contributed by atoms with Gasteiger partial charge in [0.15, 0.2) is 0 Å². The third-order valence-corrected chi connectivity index (χ3v) is 2.29. The summed E-state index contributed by atoms with van der Waals surface area (Å²) in [5, 5.41) is 11.8. The van der Waals surface area contributed by atoms with Crippen LogP contribution in [0.15, 0.2) is 23.5 Å². The highest BCUT2D eigenvalue weighted by Gasteiger charge is 2.17. The molecule has 5 nitrogen and oxygen atoms in total. The maximum Gasteiger partial charge on any atom is 0.338 e. The monoisotopic (exact) mass is 241 g/mol. The Morgan fingerprint density at radius 3 is 2.29 bits per heavy atom. The summed E-state index contributed by atoms with van der Waals surface area (Å²) in [6.45, 7) is 8.24. The Bertz CT molecular complexity index is 358. The van der Waals surface area contributed by atoms with Crippen LogP contribution in [0.1, 0.15) is 27.2 Å². The number of rotatable bonds is 6. The molecule has 0 heterocycles. The van der Waals surface area contributed by atoms with Crippen molar-refractivity contribution < 1.29 is 19.4 Å². The minimum absolute atomic E-state index is 0.0113. The highest BCUT2D eigenvalue weighted by Crippen LogP contribution is 2.15. The normalized spacial score (nSPS) is 13.6. The zero-order chi connectivity index (χ0) is 13.6. The number of aliphatic carboxylic acids is 1. The predicted octanol–water partition coefficient (Wildman–Crippen LogP) is 1.46. The quantitative estimate of drug-likeness (QED) is 0.418. The Morgan fingerprint density at radius 2 is 1.94 bits per heavy atom. The number of carbonyl (C=O) groups is 2. The lowest BCUT2D eigenvalue weighted by Gasteiger charge is -2.15. The van der Waals surface area contributed by atoms with E-state index in [9.17, 15) is 9.59 Å². The molecule has 0 spiro atoms. The van der Waals surface area contributed by atoms with Crippen LogP contribution in [0.5, 0.6) is 0 Å². The first-order valence-corrected chi connectivity index (χ1v) is 5.27. The van der Waals surface area contributed by atoms with Crippen molar-refractivity contribution >= 4 is 11.9 Å². The third-order valence-electron chi connectivity index (χ3n) is 2.29. The van der Waals surface area contributed by atoms with Gasteiger partial charge in [-0.15, -0.1) is 0 Å². The molecule has 0 fully saturated rings. The van der Waals surface area contributed by atoms with Crippen molar-refractivity contribution in [3.8, 4) is 0 Å². The first kappa shape index (κ1) is 15.4. The molecular formula is C12H19NO4. The van der Waals surface area contributed by atoms with Crippen LogP contribution in [0.25, 0.3) is 0 Å². The Balaban J connectivity index is 5.00. The van der Waals surface area contributed by atoms with Gasteiger partial charge < -0.3 is 15.2 Å². The standard InChI is InChI=1S/C12H19NO4/c1-7(2)12(16)17-10(6-8(3)13-5)9(4)11(14)15/h8,13H,1,6H2,2-5H3,(H,14,15). The largest absolute Gasteiger partial charge is 0.478 e. The number of carboxylic acids is 1. The molecule has 1 unspecified atom stereocenters. The van der Waals surface area contributed by atoms with Crippen molar-refractivity contribution in [2.75, 3.05) is 7.05 Å². The Labute approximate surface area is 101 Å². The van der Waals surface area contributed by atoms with Crippen molar-refractivity contribution in [3.05, 3.63) is 23.5 Å². The Morgan fingerprint density at radius 1 is 1.41 bits per heavy atom. The number of hydrogen-bond donors (Lipinski definition) is 2. The summed E-state index contributed by atoms with van der Waals surface area (Å²) in [5.74, 6) is -1.55. The fourth-order valence-corrected chi connectivity index (χ4v) is 0.970. The van der Waals surface area contributed by atoms with Gasteiger partial charge in [-0.2, -0.15) is 0 Å². The molecule has 0 saturated heterocycles. The summed E-state index contributed by atoms with van der Waals surface area (Å²) in [4.78, 5) is 22.3. The van der Waals surface area contributed by atoms with Crippen LogP contribution in [0.3, 0.4) is 0 Å². The number of esters is 1. The number of carboxylic acid groups (broad SMARTS) is 1. The maximum absolute atomic E-state index is 11.4. The van der Waals surface area contributed by atoms with Crippen LogP contribution in [0.2, 0.25) is 0 Å². The van der Waals surface area contributed by atoms with E-state index < -0.39 is 11.9 Å². The highest BCUT2D eigenvalue weighted by atomic mass is 16.5. The van der Waals surface area contributed by atoms with Crippen molar-refractivity contribution in [1.29, 1.82) is 0 Å². The molecule has 17 heavy (non-hydrogen) atoms. The molecule has 5 heteroatoms. The third kappa shape index (κ3) is 5.31. The molecule has 0 aliphatic rings. The topological polar surface area (TPSA) is 75.6 Å². The molecule has 0 aromatic heterocycles. The van der Waals surface area contributed by atoms with E-state index in [-0.39, 0.29) is 22.9 Å². The van der Waals surface area contributed by atoms with E-state index in [0.29, 0.717) is 6.42 Å². The van der Waals surface area contributed by atoms with E-state index in [0.717, 1.165) is 0 Å². The van der Waals surface area contributed by atoms with Crippen LogP contribution in [-0.2, 0) is 14.3 Å². The van der Waals surface area contributed by atoms with Crippen LogP contribution in [0.4, 0.5) is 0 Å². The lowest BCUT2D eigenvalue weighted by Crippen LogP contribution is -2.24. The van der Waals surface area contributed by atoms with E-state index in [1.165, 1.54) is 13.8 Å². The van der Waals surface area contributed by atoms with E-state index in [1.807, 2.05) is 6.92 Å². The van der Waals surface area contributed by atoms with Gasteiger partial charge in [0.05, 0.1) is 5.57 Å². The van der Waals surface area contributed by atoms with E-state index in [4.69, 9.17) is 9.84 Å². The lowest BCUT2D eigenvalue weighted by atomic mass is 10.1. The average molecular weight is 241 g/mol. The molecule has 0 rings (SSSR count). The van der Waals surface area contributed by atoms with Crippen LogP contribution < -0.4 is 5.32 Å². The molecule has 0 aromatic carbocycles. The molecule has 0 aliphatic carbocycles. The van der Waals surface area contributed by atoms with Gasteiger partial charge in [0, 0.05) is 18.0 Å². The second kappa shape index (κ2) is 6.85. The Hall–Kier alpha value is -1.62. The predicted molar refractivity (Wildman–Crippen MR) is 64.4 cm³/mol. The van der Waals surface area contributed by atoms with Gasteiger partial charge in [0.25, 0.3) is 0 Å². The summed E-state index contributed by atoms with van der Waals surface area (Å²) in [7, 11) is 1.75. The first-order valence-electron chi connectivity index (χ1n) is 5.27. The number of ether oxygens (including phenoxy) is 1. The Kier molecular flexibility index (Phi) is 6.20. The number of hydrogen-bond acceptors (Lipinski definition) is 4. The second-order valence-corrected chi connectivity index (χ2v) is 3.92. The summed E-state index contributed by atoms with van der Waals surface area (Å²) < 4.78 is 5.03. The SMILES string of the molecule is C=C(C)C(=O)OC(CC(C)NC)=C(C)C(=O)O. The smallest absolute Gasteiger partial charge is 0.338 e. The summed E-state index contributed by atoms with van der Waals surface area (Å²) in [5.41, 5.74) is 0.263. The molecule has 0 bridgehead atoms. The van der Waals surface area contributed by atoms with E-state index in [2.05, 4.69) is 11.9 Å². The average Bonchev–Trinajstić information content (AvgIpc) is 2.26. The number of carbonyl (C=O) groups excluding carboxylic acids is 1. The highest BCUT2D eigenvalue weighted by molar-refractivity contribution is 5.90. The minimum atomic E-state index is -1.10. The van der Waals surface area contributed by atoms with Crippen LogP contribution >= 0.6 is 0 Å². The lowest BCUT2D eigenvalue weighted by molar-refractivity contribution is -0.136. The van der Waals surface area contributed by atoms with Gasteiger partial charge >= 0.3 is 11.9 Å². The fraction of sp³-hybridized carbons (Fsp3) is 0.500. The first-order chi connectivity index (χ1) is 7.79. The van der Waals surface area contributed by atoms with Gasteiger partial charge in [-0.05, 0) is 27.8 Å². The fourth-order valence-electron chi connectivity index (χ4n) is 0.970. The zero-order valence-electron chi connectivity index (χ0n) is 10.7. The van der Waals surface area contributed by atoms with Crippen molar-refractivity contribution in [3.63, 3.8) is 0 Å². The van der Waals surface area contributed by atoms with Gasteiger partial charge in [0.2, 0.25) is 0 Å².